The van der Waals surface area contributed by atoms with Gasteiger partial charge in [0, 0.05) is 31.7 Å². The predicted molar refractivity (Wildman–Crippen MR) is 155 cm³/mol. The van der Waals surface area contributed by atoms with Crippen molar-refractivity contribution in [2.45, 2.75) is 53.9 Å². The van der Waals surface area contributed by atoms with Gasteiger partial charge in [-0.2, -0.15) is 0 Å². The standard InChI is InChI=1S/C12H16N2O2.C7H15N.C5H11NO.C3H5F.C2H2/c1-14-7-6-9(8-14)12(16)13-10-2-4-11(15)5-3-10;1-3-5-6-7-8-4-2;1-3-5(7)6-4-2;1-2-3-4;1-2/h2-5,9,15H,6-8H2,1H3,(H,13,16);5-6,8H,3-4,7H2,1-2H3;3-4H2,1-2H3,(H,6,7);2-3H,1H3;1-2H/b;6-5-;;3-2+;. The number of rotatable bonds is 8. The Hall–Kier alpha value is -3.15. The van der Waals surface area contributed by atoms with Crippen molar-refractivity contribution in [2.24, 2.45) is 5.92 Å². The van der Waals surface area contributed by atoms with Crippen LogP contribution in [0.4, 0.5) is 10.1 Å². The van der Waals surface area contributed by atoms with Crippen LogP contribution in [0.1, 0.15) is 53.9 Å². The summed E-state index contributed by atoms with van der Waals surface area (Å²) in [6.45, 7) is 14.3. The molecular formula is C29H49FN4O3. The van der Waals surface area contributed by atoms with Gasteiger partial charge in [-0.05, 0) is 71.1 Å². The Labute approximate surface area is 224 Å². The number of amides is 2. The van der Waals surface area contributed by atoms with Crippen LogP contribution in [-0.4, -0.2) is 61.6 Å². The molecule has 4 N–H and O–H groups in total. The molecule has 0 aromatic heterocycles. The zero-order valence-electron chi connectivity index (χ0n) is 23.6. The van der Waals surface area contributed by atoms with Gasteiger partial charge in [-0.15, -0.1) is 12.8 Å². The van der Waals surface area contributed by atoms with Gasteiger partial charge >= 0.3 is 0 Å². The van der Waals surface area contributed by atoms with Crippen molar-refractivity contribution >= 4 is 17.5 Å². The molecule has 1 aliphatic heterocycles. The summed E-state index contributed by atoms with van der Waals surface area (Å²) in [5.74, 6) is 0.481. The lowest BCUT2D eigenvalue weighted by atomic mass is 10.1. The van der Waals surface area contributed by atoms with Crippen LogP contribution in [0.3, 0.4) is 0 Å². The van der Waals surface area contributed by atoms with Crippen LogP contribution in [0.25, 0.3) is 0 Å². The fraction of sp³-hybridized carbons (Fsp3) is 0.517. The zero-order chi connectivity index (χ0) is 28.9. The van der Waals surface area contributed by atoms with Crippen molar-refractivity contribution in [1.29, 1.82) is 0 Å². The Balaban J connectivity index is -0.000000466. The van der Waals surface area contributed by atoms with Crippen molar-refractivity contribution in [2.75, 3.05) is 45.1 Å². The number of carbonyl (C=O) groups excluding carboxylic acids is 2. The number of nitrogens with zero attached hydrogens (tertiary/aromatic N) is 1. The molecule has 1 atom stereocenters. The molecule has 1 aromatic carbocycles. The molecule has 210 valence electrons. The van der Waals surface area contributed by atoms with Crippen LogP contribution in [0.2, 0.25) is 0 Å². The summed E-state index contributed by atoms with van der Waals surface area (Å²) in [7, 11) is 2.02. The number of likely N-dealkylation sites (tertiary alicyclic amines) is 1. The number of phenolic OH excluding ortho intramolecular Hbond substituents is 1. The third-order valence-corrected chi connectivity index (χ3v) is 4.63. The minimum atomic E-state index is 0.0649. The number of hydrogen-bond donors (Lipinski definition) is 4. The Morgan fingerprint density at radius 1 is 1.11 bits per heavy atom. The number of hydrogen-bond acceptors (Lipinski definition) is 5. The number of allylic oxidation sites excluding steroid dienone is 2. The van der Waals surface area contributed by atoms with Crippen LogP contribution < -0.4 is 16.0 Å². The highest BCUT2D eigenvalue weighted by atomic mass is 19.1. The summed E-state index contributed by atoms with van der Waals surface area (Å²) in [5, 5.41) is 17.8. The van der Waals surface area contributed by atoms with E-state index < -0.39 is 0 Å². The maximum atomic E-state index is 11.8. The van der Waals surface area contributed by atoms with Gasteiger partial charge in [0.05, 0.1) is 12.2 Å². The van der Waals surface area contributed by atoms with Crippen molar-refractivity contribution in [1.82, 2.24) is 15.5 Å². The lowest BCUT2D eigenvalue weighted by molar-refractivity contribution is -0.121. The van der Waals surface area contributed by atoms with Crippen LogP contribution in [-0.2, 0) is 9.59 Å². The van der Waals surface area contributed by atoms with Gasteiger partial charge in [-0.25, -0.2) is 4.39 Å². The first-order chi connectivity index (χ1) is 17.8. The number of phenols is 1. The molecule has 8 heteroatoms. The van der Waals surface area contributed by atoms with E-state index in [4.69, 9.17) is 5.11 Å². The lowest BCUT2D eigenvalue weighted by Gasteiger charge is -2.11. The highest BCUT2D eigenvalue weighted by molar-refractivity contribution is 5.92. The molecule has 2 rings (SSSR count). The van der Waals surface area contributed by atoms with E-state index in [1.807, 2.05) is 20.9 Å². The molecule has 0 spiro atoms. The third kappa shape index (κ3) is 25.7. The van der Waals surface area contributed by atoms with Gasteiger partial charge in [-0.3, -0.25) is 9.59 Å². The summed E-state index contributed by atoms with van der Waals surface area (Å²) in [4.78, 5) is 24.3. The summed E-state index contributed by atoms with van der Waals surface area (Å²) in [6, 6.07) is 6.53. The third-order valence-electron chi connectivity index (χ3n) is 4.63. The highest BCUT2D eigenvalue weighted by Crippen LogP contribution is 2.18. The first kappa shape index (κ1) is 38.4. The van der Waals surface area contributed by atoms with Crippen molar-refractivity contribution in [3.8, 4) is 18.6 Å². The Morgan fingerprint density at radius 2 is 1.70 bits per heavy atom. The zero-order valence-corrected chi connectivity index (χ0v) is 23.6. The highest BCUT2D eigenvalue weighted by Gasteiger charge is 2.25. The number of benzene rings is 1. The second-order valence-corrected chi connectivity index (χ2v) is 7.74. The lowest BCUT2D eigenvalue weighted by Crippen LogP contribution is -2.25. The molecule has 1 heterocycles. The summed E-state index contributed by atoms with van der Waals surface area (Å²) < 4.78 is 10.5. The van der Waals surface area contributed by atoms with E-state index in [1.165, 1.54) is 6.08 Å². The molecule has 7 nitrogen and oxygen atoms in total. The van der Waals surface area contributed by atoms with Crippen LogP contribution in [0.5, 0.6) is 5.75 Å². The smallest absolute Gasteiger partial charge is 0.228 e. The molecule has 0 radical (unpaired) electrons. The Bertz CT molecular complexity index is 745. The molecule has 37 heavy (non-hydrogen) atoms. The van der Waals surface area contributed by atoms with Gasteiger partial charge in [0.1, 0.15) is 5.75 Å². The number of likely N-dealkylation sites (N-methyl/N-ethyl adjacent to an activating group) is 1. The first-order valence-electron chi connectivity index (χ1n) is 12.7. The van der Waals surface area contributed by atoms with Crippen LogP contribution in [0.15, 0.2) is 48.8 Å². The molecule has 0 aliphatic carbocycles. The van der Waals surface area contributed by atoms with Gasteiger partial charge in [0.25, 0.3) is 0 Å². The van der Waals surface area contributed by atoms with E-state index >= 15 is 0 Å². The van der Waals surface area contributed by atoms with E-state index in [0.29, 0.717) is 12.8 Å². The second-order valence-electron chi connectivity index (χ2n) is 7.74. The number of nitrogens with one attached hydrogen (secondary N) is 3. The van der Waals surface area contributed by atoms with Crippen molar-refractivity contribution in [3.63, 3.8) is 0 Å². The molecule has 1 aliphatic rings. The molecule has 1 fully saturated rings. The normalized spacial score (nSPS) is 14.0. The van der Waals surface area contributed by atoms with Crippen molar-refractivity contribution in [3.05, 3.63) is 48.8 Å². The Morgan fingerprint density at radius 3 is 2.08 bits per heavy atom. The van der Waals surface area contributed by atoms with E-state index in [1.54, 1.807) is 31.2 Å². The number of aromatic hydroxyl groups is 1. The molecule has 2 amide bonds. The van der Waals surface area contributed by atoms with Gasteiger partial charge < -0.3 is 26.0 Å². The minimum Gasteiger partial charge on any atom is -0.508 e. The number of carbonyl (C=O) groups is 2. The number of terminal acetylenes is 1. The average molecular weight is 521 g/mol. The fourth-order valence-corrected chi connectivity index (χ4v) is 2.74. The largest absolute Gasteiger partial charge is 0.508 e. The molecule has 1 saturated heterocycles. The molecule has 0 bridgehead atoms. The summed E-state index contributed by atoms with van der Waals surface area (Å²) in [6.07, 6.45) is 16.8. The fourth-order valence-electron chi connectivity index (χ4n) is 2.74. The maximum Gasteiger partial charge on any atom is 0.228 e. The van der Waals surface area contributed by atoms with Crippen LogP contribution in [0, 0.1) is 18.8 Å². The minimum absolute atomic E-state index is 0.0649. The molecule has 1 unspecified atom stereocenters. The molecule has 1 aromatic rings. The van der Waals surface area contributed by atoms with Gasteiger partial charge in [0.2, 0.25) is 11.8 Å². The number of halogens is 1. The van der Waals surface area contributed by atoms with Crippen molar-refractivity contribution < 1.29 is 19.1 Å². The summed E-state index contributed by atoms with van der Waals surface area (Å²) in [5.41, 5.74) is 0.734. The topological polar surface area (TPSA) is 93.7 Å². The SMILES string of the molecule is C#C.C/C=C/F.CC/C=C\CNCC.CCNC(=O)CC.CN1CCC(C(=O)Nc2ccc(O)cc2)C1. The quantitative estimate of drug-likeness (QED) is 0.165. The Kier molecular flexibility index (Phi) is 30.2. The van der Waals surface area contributed by atoms with E-state index in [-0.39, 0.29) is 23.5 Å². The van der Waals surface area contributed by atoms with Gasteiger partial charge in [0.15, 0.2) is 0 Å². The predicted octanol–water partition coefficient (Wildman–Crippen LogP) is 5.12. The average Bonchev–Trinajstić information content (AvgIpc) is 3.36. The molecule has 0 saturated carbocycles. The van der Waals surface area contributed by atoms with E-state index in [2.05, 4.69) is 59.7 Å². The monoisotopic (exact) mass is 520 g/mol. The van der Waals surface area contributed by atoms with Crippen LogP contribution >= 0.6 is 0 Å². The molecular weight excluding hydrogens is 471 g/mol. The van der Waals surface area contributed by atoms with Gasteiger partial charge in [-0.1, -0.05) is 39.0 Å². The summed E-state index contributed by atoms with van der Waals surface area (Å²) >= 11 is 0. The van der Waals surface area contributed by atoms with E-state index in [0.717, 1.165) is 51.3 Å². The van der Waals surface area contributed by atoms with E-state index in [9.17, 15) is 14.0 Å². The first-order valence-corrected chi connectivity index (χ1v) is 12.7. The second kappa shape index (κ2) is 29.1. The number of anilines is 1. The maximum absolute atomic E-state index is 11.8.